The number of hydrogen-bond acceptors (Lipinski definition) is 3. The predicted molar refractivity (Wildman–Crippen MR) is 58.2 cm³/mol. The van der Waals surface area contributed by atoms with E-state index in [0.29, 0.717) is 12.1 Å². The lowest BCUT2D eigenvalue weighted by Crippen LogP contribution is -2.01. The van der Waals surface area contributed by atoms with E-state index in [2.05, 4.69) is 16.0 Å². The maximum Gasteiger partial charge on any atom is 0.107 e. The lowest BCUT2D eigenvalue weighted by atomic mass is 10.2. The van der Waals surface area contributed by atoms with E-state index in [1.165, 1.54) is 0 Å². The van der Waals surface area contributed by atoms with Crippen LogP contribution in [0.3, 0.4) is 0 Å². The van der Waals surface area contributed by atoms with Crippen molar-refractivity contribution in [2.45, 2.75) is 12.8 Å². The standard InChI is InChI=1S/C11H12N4/c12-5-1-2-11-14-9-4-3-8(7-13)6-10(9)15-11/h3-4,6H,1-2,5,12H2,(H,14,15). The molecule has 0 unspecified atom stereocenters. The van der Waals surface area contributed by atoms with Crippen molar-refractivity contribution in [1.82, 2.24) is 9.97 Å². The summed E-state index contributed by atoms with van der Waals surface area (Å²) in [4.78, 5) is 7.59. The third-order valence-corrected chi connectivity index (χ3v) is 2.28. The fraction of sp³-hybridized carbons (Fsp3) is 0.273. The Morgan fingerprint density at radius 1 is 1.47 bits per heavy atom. The number of nitrogens with two attached hydrogens (primary N) is 1. The van der Waals surface area contributed by atoms with Gasteiger partial charge >= 0.3 is 0 Å². The van der Waals surface area contributed by atoms with E-state index in [-0.39, 0.29) is 0 Å². The largest absolute Gasteiger partial charge is 0.342 e. The Kier molecular flexibility index (Phi) is 2.66. The fourth-order valence-corrected chi connectivity index (χ4v) is 1.52. The molecule has 1 heterocycles. The van der Waals surface area contributed by atoms with Crippen LogP contribution in [0.4, 0.5) is 0 Å². The number of aromatic amines is 1. The van der Waals surface area contributed by atoms with Gasteiger partial charge in [0.05, 0.1) is 22.7 Å². The zero-order valence-electron chi connectivity index (χ0n) is 8.33. The smallest absolute Gasteiger partial charge is 0.107 e. The molecule has 0 aliphatic rings. The minimum absolute atomic E-state index is 0.650. The highest BCUT2D eigenvalue weighted by atomic mass is 14.9. The zero-order valence-corrected chi connectivity index (χ0v) is 8.33. The van der Waals surface area contributed by atoms with E-state index >= 15 is 0 Å². The molecule has 1 aromatic heterocycles. The van der Waals surface area contributed by atoms with Crippen LogP contribution in [0.5, 0.6) is 0 Å². The van der Waals surface area contributed by atoms with E-state index in [0.717, 1.165) is 29.7 Å². The number of benzene rings is 1. The number of nitrogens with zero attached hydrogens (tertiary/aromatic N) is 2. The van der Waals surface area contributed by atoms with Crippen molar-refractivity contribution in [3.8, 4) is 6.07 Å². The Bertz CT molecular complexity index is 507. The second-order valence-corrected chi connectivity index (χ2v) is 3.42. The van der Waals surface area contributed by atoms with E-state index in [1.807, 2.05) is 12.1 Å². The van der Waals surface area contributed by atoms with Crippen LogP contribution in [0.2, 0.25) is 0 Å². The number of nitriles is 1. The third kappa shape index (κ3) is 1.97. The minimum Gasteiger partial charge on any atom is -0.342 e. The molecule has 0 saturated carbocycles. The molecule has 3 N–H and O–H groups in total. The number of aryl methyl sites for hydroxylation is 1. The molecular weight excluding hydrogens is 188 g/mol. The van der Waals surface area contributed by atoms with Gasteiger partial charge in [-0.15, -0.1) is 0 Å². The van der Waals surface area contributed by atoms with Crippen molar-refractivity contribution in [3.63, 3.8) is 0 Å². The molecule has 15 heavy (non-hydrogen) atoms. The van der Waals surface area contributed by atoms with Gasteiger partial charge in [0.2, 0.25) is 0 Å². The Labute approximate surface area is 87.7 Å². The molecular formula is C11H12N4. The monoisotopic (exact) mass is 200 g/mol. The van der Waals surface area contributed by atoms with Crippen molar-refractivity contribution in [1.29, 1.82) is 5.26 Å². The normalized spacial score (nSPS) is 10.4. The second-order valence-electron chi connectivity index (χ2n) is 3.42. The number of imidazole rings is 1. The molecule has 0 radical (unpaired) electrons. The quantitative estimate of drug-likeness (QED) is 0.784. The molecule has 0 atom stereocenters. The highest BCUT2D eigenvalue weighted by molar-refractivity contribution is 5.76. The van der Waals surface area contributed by atoms with Crippen LogP contribution in [0.1, 0.15) is 17.8 Å². The first kappa shape index (κ1) is 9.69. The Balaban J connectivity index is 2.34. The van der Waals surface area contributed by atoms with Gasteiger partial charge in [-0.1, -0.05) is 0 Å². The van der Waals surface area contributed by atoms with Gasteiger partial charge in [0.15, 0.2) is 0 Å². The first-order valence-electron chi connectivity index (χ1n) is 4.92. The molecule has 0 fully saturated rings. The summed E-state index contributed by atoms with van der Waals surface area (Å²) in [7, 11) is 0. The zero-order chi connectivity index (χ0) is 10.7. The van der Waals surface area contributed by atoms with E-state index in [1.54, 1.807) is 6.07 Å². The van der Waals surface area contributed by atoms with Gasteiger partial charge in [-0.3, -0.25) is 0 Å². The summed E-state index contributed by atoms with van der Waals surface area (Å²) in [6, 6.07) is 7.55. The average molecular weight is 200 g/mol. The molecule has 0 aliphatic carbocycles. The van der Waals surface area contributed by atoms with Gasteiger partial charge in [-0.25, -0.2) is 4.98 Å². The summed E-state index contributed by atoms with van der Waals surface area (Å²) in [5, 5.41) is 8.74. The topological polar surface area (TPSA) is 78.5 Å². The Morgan fingerprint density at radius 2 is 2.33 bits per heavy atom. The van der Waals surface area contributed by atoms with Crippen LogP contribution in [0.15, 0.2) is 18.2 Å². The molecule has 1 aromatic carbocycles. The molecule has 2 aromatic rings. The SMILES string of the molecule is N#Cc1ccc2nc(CCCN)[nH]c2c1. The van der Waals surface area contributed by atoms with Crippen LogP contribution in [0.25, 0.3) is 11.0 Å². The molecule has 2 rings (SSSR count). The number of aromatic nitrogens is 2. The number of H-pyrrole nitrogens is 1. The molecule has 4 heteroatoms. The van der Waals surface area contributed by atoms with Gasteiger partial charge in [-0.05, 0) is 31.2 Å². The third-order valence-electron chi connectivity index (χ3n) is 2.28. The van der Waals surface area contributed by atoms with Crippen molar-refractivity contribution in [2.75, 3.05) is 6.54 Å². The Morgan fingerprint density at radius 3 is 3.07 bits per heavy atom. The summed E-state index contributed by atoms with van der Waals surface area (Å²) in [6.45, 7) is 0.667. The molecule has 0 spiro atoms. The summed E-state index contributed by atoms with van der Waals surface area (Å²) in [5.41, 5.74) is 7.90. The minimum atomic E-state index is 0.650. The first-order valence-corrected chi connectivity index (χ1v) is 4.92. The van der Waals surface area contributed by atoms with E-state index in [4.69, 9.17) is 11.0 Å². The van der Waals surface area contributed by atoms with Crippen LogP contribution in [-0.2, 0) is 6.42 Å². The first-order chi connectivity index (χ1) is 7.33. The maximum atomic E-state index is 8.74. The van der Waals surface area contributed by atoms with Crippen molar-refractivity contribution < 1.29 is 0 Å². The number of fused-ring (bicyclic) bond motifs is 1. The van der Waals surface area contributed by atoms with Gasteiger partial charge in [-0.2, -0.15) is 5.26 Å². The van der Waals surface area contributed by atoms with Gasteiger partial charge in [0.1, 0.15) is 5.82 Å². The lowest BCUT2D eigenvalue weighted by molar-refractivity contribution is 0.796. The molecule has 0 amide bonds. The number of nitrogens with one attached hydrogen (secondary N) is 1. The molecule has 0 bridgehead atoms. The second kappa shape index (κ2) is 4.11. The van der Waals surface area contributed by atoms with Gasteiger partial charge in [0.25, 0.3) is 0 Å². The predicted octanol–water partition coefficient (Wildman–Crippen LogP) is 1.33. The average Bonchev–Trinajstić information content (AvgIpc) is 2.67. The highest BCUT2D eigenvalue weighted by Gasteiger charge is 2.02. The number of rotatable bonds is 3. The van der Waals surface area contributed by atoms with Gasteiger partial charge in [0, 0.05) is 6.42 Å². The highest BCUT2D eigenvalue weighted by Crippen LogP contribution is 2.13. The summed E-state index contributed by atoms with van der Waals surface area (Å²) >= 11 is 0. The summed E-state index contributed by atoms with van der Waals surface area (Å²) in [6.07, 6.45) is 1.78. The summed E-state index contributed by atoms with van der Waals surface area (Å²) in [5.74, 6) is 0.936. The fourth-order valence-electron chi connectivity index (χ4n) is 1.52. The van der Waals surface area contributed by atoms with Crippen molar-refractivity contribution in [2.24, 2.45) is 5.73 Å². The Hall–Kier alpha value is -1.86. The maximum absolute atomic E-state index is 8.74. The summed E-state index contributed by atoms with van der Waals surface area (Å²) < 4.78 is 0. The van der Waals surface area contributed by atoms with Crippen molar-refractivity contribution in [3.05, 3.63) is 29.6 Å². The van der Waals surface area contributed by atoms with E-state index < -0.39 is 0 Å². The molecule has 76 valence electrons. The van der Waals surface area contributed by atoms with E-state index in [9.17, 15) is 0 Å². The number of hydrogen-bond donors (Lipinski definition) is 2. The van der Waals surface area contributed by atoms with Crippen LogP contribution in [-0.4, -0.2) is 16.5 Å². The van der Waals surface area contributed by atoms with Crippen LogP contribution >= 0.6 is 0 Å². The lowest BCUT2D eigenvalue weighted by Gasteiger charge is -1.91. The van der Waals surface area contributed by atoms with Crippen LogP contribution < -0.4 is 5.73 Å². The van der Waals surface area contributed by atoms with Crippen LogP contribution in [0, 0.1) is 11.3 Å². The molecule has 0 aliphatic heterocycles. The van der Waals surface area contributed by atoms with Gasteiger partial charge < -0.3 is 10.7 Å². The molecule has 4 nitrogen and oxygen atoms in total. The van der Waals surface area contributed by atoms with Crippen molar-refractivity contribution >= 4 is 11.0 Å². The molecule has 0 saturated heterocycles.